The van der Waals surface area contributed by atoms with E-state index in [9.17, 15) is 5.11 Å². The van der Waals surface area contributed by atoms with Gasteiger partial charge in [0.15, 0.2) is 0 Å². The second-order valence-electron chi connectivity index (χ2n) is 5.79. The van der Waals surface area contributed by atoms with Gasteiger partial charge in [-0.2, -0.15) is 0 Å². The molecule has 1 heterocycles. The lowest BCUT2D eigenvalue weighted by Gasteiger charge is -2.07. The van der Waals surface area contributed by atoms with Crippen LogP contribution in [0.5, 0.6) is 5.75 Å². The Bertz CT molecular complexity index is 784. The maximum Gasteiger partial charge on any atom is 0.143 e. The van der Waals surface area contributed by atoms with Gasteiger partial charge in [0.25, 0.3) is 0 Å². The molecule has 0 radical (unpaired) electrons. The van der Waals surface area contributed by atoms with Crippen LogP contribution in [0, 0.1) is 0 Å². The summed E-state index contributed by atoms with van der Waals surface area (Å²) in [6.07, 6.45) is 4.92. The van der Waals surface area contributed by atoms with Crippen LogP contribution in [0.2, 0.25) is 0 Å². The van der Waals surface area contributed by atoms with Gasteiger partial charge in [-0.25, -0.2) is 0 Å². The first-order valence-corrected chi connectivity index (χ1v) is 8.93. The lowest BCUT2D eigenvalue weighted by Crippen LogP contribution is -2.00. The molecule has 0 saturated carbocycles. The number of rotatable bonds is 7. The van der Waals surface area contributed by atoms with E-state index in [-0.39, 0.29) is 10.6 Å². The van der Waals surface area contributed by atoms with Gasteiger partial charge in [-0.05, 0) is 49.1 Å². The van der Waals surface area contributed by atoms with Gasteiger partial charge in [0.1, 0.15) is 27.3 Å². The largest absolute Gasteiger partial charge is 0.506 e. The zero-order valence-corrected chi connectivity index (χ0v) is 14.7. The van der Waals surface area contributed by atoms with Crippen molar-refractivity contribution in [2.24, 2.45) is 0 Å². The molecule has 1 N–H and O–H groups in total. The average molecular weight is 364 g/mol. The van der Waals surface area contributed by atoms with Crippen LogP contribution in [0.1, 0.15) is 31.2 Å². The van der Waals surface area contributed by atoms with Gasteiger partial charge in [0.2, 0.25) is 0 Å². The number of benzene rings is 2. The fourth-order valence-electron chi connectivity index (χ4n) is 2.66. The maximum atomic E-state index is 10.2. The van der Waals surface area contributed by atoms with Crippen molar-refractivity contribution in [2.45, 2.75) is 36.9 Å². The molecule has 0 aliphatic heterocycles. The summed E-state index contributed by atoms with van der Waals surface area (Å²) in [6.45, 7) is 0. The predicted octanol–water partition coefficient (Wildman–Crippen LogP) is 5.03. The maximum absolute atomic E-state index is 10.2. The van der Waals surface area contributed by atoms with E-state index >= 15 is 0 Å². The van der Waals surface area contributed by atoms with Crippen LogP contribution in [0.25, 0.3) is 16.7 Å². The standard InChI is InChI=1S/C18H19Cl2N3O/c19-18(20)9-3-1-2-6-13-10-11-17(24)16(12-13)23-21-14-7-4-5-8-15(14)22-23/h4-5,7-8,10-12,18,24H,1-3,6,9H2. The summed E-state index contributed by atoms with van der Waals surface area (Å²) in [5.74, 6) is 0.172. The summed E-state index contributed by atoms with van der Waals surface area (Å²) in [5.41, 5.74) is 3.36. The first-order chi connectivity index (χ1) is 11.6. The molecule has 24 heavy (non-hydrogen) atoms. The smallest absolute Gasteiger partial charge is 0.143 e. The summed E-state index contributed by atoms with van der Waals surface area (Å²) in [4.78, 5) is 1.22. The third kappa shape index (κ3) is 4.19. The molecule has 3 rings (SSSR count). The van der Waals surface area contributed by atoms with Gasteiger partial charge >= 0.3 is 0 Å². The van der Waals surface area contributed by atoms with Gasteiger partial charge in [-0.3, -0.25) is 0 Å². The van der Waals surface area contributed by atoms with Crippen molar-refractivity contribution in [3.8, 4) is 11.4 Å². The molecule has 2 aromatic carbocycles. The van der Waals surface area contributed by atoms with Crippen LogP contribution < -0.4 is 0 Å². The molecule has 3 aromatic rings. The summed E-state index contributed by atoms with van der Waals surface area (Å²) >= 11 is 11.5. The van der Waals surface area contributed by atoms with E-state index < -0.39 is 0 Å². The Morgan fingerprint density at radius 2 is 1.67 bits per heavy atom. The molecule has 0 atom stereocenters. The van der Waals surface area contributed by atoms with Gasteiger partial charge in [-0.15, -0.1) is 38.2 Å². The topological polar surface area (TPSA) is 50.9 Å². The number of phenols is 1. The van der Waals surface area contributed by atoms with E-state index in [1.54, 1.807) is 6.07 Å². The van der Waals surface area contributed by atoms with Gasteiger partial charge < -0.3 is 5.11 Å². The highest BCUT2D eigenvalue weighted by Gasteiger charge is 2.09. The fraction of sp³-hybridized carbons (Fsp3) is 0.333. The second-order valence-corrected chi connectivity index (χ2v) is 7.07. The zero-order valence-electron chi connectivity index (χ0n) is 13.2. The van der Waals surface area contributed by atoms with Crippen molar-refractivity contribution < 1.29 is 5.11 Å². The Labute approximate surface area is 151 Å². The molecular weight excluding hydrogens is 345 g/mol. The monoisotopic (exact) mass is 363 g/mol. The summed E-state index contributed by atoms with van der Waals surface area (Å²) in [5, 5.41) is 19.0. The SMILES string of the molecule is Oc1ccc(CCCCCC(Cl)Cl)cc1-n1nc2ccccc2n1. The van der Waals surface area contributed by atoms with Crippen molar-refractivity contribution in [3.05, 3.63) is 48.0 Å². The number of aromatic nitrogens is 3. The number of hydrogen-bond donors (Lipinski definition) is 1. The van der Waals surface area contributed by atoms with Crippen LogP contribution >= 0.6 is 23.2 Å². The minimum absolute atomic E-state index is 0.172. The molecule has 0 fully saturated rings. The normalized spacial score (nSPS) is 11.5. The van der Waals surface area contributed by atoms with Crippen molar-refractivity contribution >= 4 is 34.2 Å². The third-order valence-electron chi connectivity index (χ3n) is 3.93. The number of hydrogen-bond acceptors (Lipinski definition) is 3. The third-order valence-corrected chi connectivity index (χ3v) is 4.37. The van der Waals surface area contributed by atoms with E-state index in [4.69, 9.17) is 23.2 Å². The number of aromatic hydroxyl groups is 1. The van der Waals surface area contributed by atoms with Crippen molar-refractivity contribution in [3.63, 3.8) is 0 Å². The van der Waals surface area contributed by atoms with E-state index in [0.717, 1.165) is 48.7 Å². The van der Waals surface area contributed by atoms with Crippen LogP contribution in [0.4, 0.5) is 0 Å². The first-order valence-electron chi connectivity index (χ1n) is 8.06. The number of alkyl halides is 2. The molecule has 0 aliphatic rings. The minimum atomic E-state index is -0.273. The van der Waals surface area contributed by atoms with Gasteiger partial charge in [0, 0.05) is 0 Å². The summed E-state index contributed by atoms with van der Waals surface area (Å²) in [7, 11) is 0. The molecule has 4 nitrogen and oxygen atoms in total. The van der Waals surface area contributed by atoms with Gasteiger partial charge in [-0.1, -0.05) is 31.0 Å². The molecule has 1 aromatic heterocycles. The summed E-state index contributed by atoms with van der Waals surface area (Å²) in [6, 6.07) is 13.2. The summed E-state index contributed by atoms with van der Waals surface area (Å²) < 4.78 is 0. The Morgan fingerprint density at radius 3 is 2.33 bits per heavy atom. The van der Waals surface area contributed by atoms with Crippen LogP contribution in [0.15, 0.2) is 42.5 Å². The van der Waals surface area contributed by atoms with Crippen LogP contribution in [-0.4, -0.2) is 24.9 Å². The van der Waals surface area contributed by atoms with Crippen molar-refractivity contribution in [2.75, 3.05) is 0 Å². The second kappa shape index (κ2) is 7.86. The lowest BCUT2D eigenvalue weighted by atomic mass is 10.1. The first kappa shape index (κ1) is 17.1. The highest BCUT2D eigenvalue weighted by molar-refractivity contribution is 6.44. The molecule has 0 spiro atoms. The van der Waals surface area contributed by atoms with E-state index in [1.807, 2.05) is 36.4 Å². The number of phenolic OH excluding ortho intramolecular Hbond substituents is 1. The van der Waals surface area contributed by atoms with Crippen molar-refractivity contribution in [1.29, 1.82) is 0 Å². The van der Waals surface area contributed by atoms with E-state index in [1.165, 1.54) is 4.80 Å². The minimum Gasteiger partial charge on any atom is -0.506 e. The number of nitrogens with zero attached hydrogens (tertiary/aromatic N) is 3. The molecule has 0 saturated heterocycles. The van der Waals surface area contributed by atoms with E-state index in [0.29, 0.717) is 5.69 Å². The Kier molecular flexibility index (Phi) is 5.59. The quantitative estimate of drug-likeness (QED) is 0.472. The Hall–Kier alpha value is -1.78. The Balaban J connectivity index is 1.72. The molecule has 0 unspecified atom stereocenters. The number of aryl methyl sites for hydroxylation is 1. The molecule has 0 aliphatic carbocycles. The van der Waals surface area contributed by atoms with Gasteiger partial charge in [0.05, 0.1) is 0 Å². The number of unbranched alkanes of at least 4 members (excludes halogenated alkanes) is 2. The van der Waals surface area contributed by atoms with E-state index in [2.05, 4.69) is 10.2 Å². The Morgan fingerprint density at radius 1 is 0.958 bits per heavy atom. The molecule has 0 amide bonds. The lowest BCUT2D eigenvalue weighted by molar-refractivity contribution is 0.467. The highest BCUT2D eigenvalue weighted by Crippen LogP contribution is 2.24. The number of halogens is 2. The molecular formula is C18H19Cl2N3O. The highest BCUT2D eigenvalue weighted by atomic mass is 35.5. The molecule has 126 valence electrons. The molecule has 6 heteroatoms. The van der Waals surface area contributed by atoms with Crippen LogP contribution in [0.3, 0.4) is 0 Å². The number of fused-ring (bicyclic) bond motifs is 1. The average Bonchev–Trinajstić information content (AvgIpc) is 2.99. The zero-order chi connectivity index (χ0) is 16.9. The predicted molar refractivity (Wildman–Crippen MR) is 98.2 cm³/mol. The molecule has 0 bridgehead atoms. The fourth-order valence-corrected chi connectivity index (χ4v) is 2.97. The van der Waals surface area contributed by atoms with Crippen molar-refractivity contribution in [1.82, 2.24) is 15.0 Å². The van der Waals surface area contributed by atoms with Crippen LogP contribution in [-0.2, 0) is 6.42 Å².